The number of aromatic nitrogens is 2. The van der Waals surface area contributed by atoms with Gasteiger partial charge in [-0.2, -0.15) is 0 Å². The van der Waals surface area contributed by atoms with Crippen LogP contribution in [0.5, 0.6) is 5.88 Å². The summed E-state index contributed by atoms with van der Waals surface area (Å²) in [6.45, 7) is -0.226. The molecule has 0 bridgehead atoms. The van der Waals surface area contributed by atoms with E-state index in [2.05, 4.69) is 15.7 Å². The molecule has 0 fully saturated rings. The third-order valence-corrected chi connectivity index (χ3v) is 3.40. The van der Waals surface area contributed by atoms with Crippen LogP contribution < -0.4 is 15.4 Å². The van der Waals surface area contributed by atoms with Crippen molar-refractivity contribution < 1.29 is 14.3 Å². The largest absolute Gasteiger partial charge is 0.479 e. The van der Waals surface area contributed by atoms with E-state index in [-0.39, 0.29) is 18.0 Å². The maximum atomic E-state index is 12.0. The van der Waals surface area contributed by atoms with Gasteiger partial charge in [-0.3, -0.25) is 14.3 Å². The van der Waals surface area contributed by atoms with E-state index >= 15 is 0 Å². The molecule has 1 aromatic heterocycles. The van der Waals surface area contributed by atoms with Crippen LogP contribution in [0, 0.1) is 0 Å². The molecule has 0 unspecified atom stereocenters. The minimum atomic E-state index is -0.465. The Balaban J connectivity index is 1.94. The zero-order chi connectivity index (χ0) is 17.0. The number of hydrogen-bond acceptors (Lipinski definition) is 4. The summed E-state index contributed by atoms with van der Waals surface area (Å²) in [5.74, 6) is -0.705. The number of nitrogens with one attached hydrogen (secondary N) is 2. The van der Waals surface area contributed by atoms with Crippen molar-refractivity contribution in [2.24, 2.45) is 7.05 Å². The summed E-state index contributed by atoms with van der Waals surface area (Å²) in [7, 11) is 3.07. The van der Waals surface area contributed by atoms with Gasteiger partial charge in [-0.25, -0.2) is 0 Å². The van der Waals surface area contributed by atoms with E-state index in [1.165, 1.54) is 24.1 Å². The van der Waals surface area contributed by atoms with Gasteiger partial charge in [0.2, 0.25) is 11.8 Å². The minimum absolute atomic E-state index is 0.186. The molecule has 0 saturated carbocycles. The van der Waals surface area contributed by atoms with Crippen molar-refractivity contribution in [3.8, 4) is 5.88 Å². The van der Waals surface area contributed by atoms with Crippen LogP contribution in [0.1, 0.15) is 10.4 Å². The maximum absolute atomic E-state index is 12.0. The molecule has 23 heavy (non-hydrogen) atoms. The Bertz CT molecular complexity index is 746. The summed E-state index contributed by atoms with van der Waals surface area (Å²) in [5, 5.41) is 9.81. The first kappa shape index (κ1) is 17.1. The number of ether oxygens (including phenoxy) is 1. The molecule has 1 aromatic carbocycles. The van der Waals surface area contributed by atoms with Gasteiger partial charge in [-0.1, -0.05) is 23.2 Å². The molecule has 122 valence electrons. The first-order chi connectivity index (χ1) is 10.9. The third kappa shape index (κ3) is 4.37. The topological polar surface area (TPSA) is 85.2 Å². The summed E-state index contributed by atoms with van der Waals surface area (Å²) in [6.07, 6.45) is 1.50. The highest BCUT2D eigenvalue weighted by Gasteiger charge is 2.17. The van der Waals surface area contributed by atoms with E-state index in [1.54, 1.807) is 19.2 Å². The van der Waals surface area contributed by atoms with Crippen LogP contribution in [-0.2, 0) is 11.8 Å². The molecular weight excluding hydrogens is 343 g/mol. The van der Waals surface area contributed by atoms with Gasteiger partial charge >= 0.3 is 0 Å². The molecule has 2 N–H and O–H groups in total. The molecule has 0 saturated heterocycles. The Morgan fingerprint density at radius 1 is 1.35 bits per heavy atom. The highest BCUT2D eigenvalue weighted by atomic mass is 35.5. The summed E-state index contributed by atoms with van der Waals surface area (Å²) in [6, 6.07) is 4.69. The zero-order valence-corrected chi connectivity index (χ0v) is 13.9. The second-order valence-corrected chi connectivity index (χ2v) is 5.42. The van der Waals surface area contributed by atoms with Gasteiger partial charge < -0.3 is 15.4 Å². The average Bonchev–Trinajstić information content (AvgIpc) is 2.89. The van der Waals surface area contributed by atoms with E-state index < -0.39 is 11.8 Å². The number of nitrogens with zero attached hydrogens (tertiary/aromatic N) is 2. The van der Waals surface area contributed by atoms with Crippen molar-refractivity contribution in [2.45, 2.75) is 0 Å². The normalized spacial score (nSPS) is 10.3. The van der Waals surface area contributed by atoms with Gasteiger partial charge in [-0.15, -0.1) is 5.10 Å². The number of benzene rings is 1. The van der Waals surface area contributed by atoms with Crippen LogP contribution in [0.4, 0.5) is 5.69 Å². The van der Waals surface area contributed by atoms with E-state index in [1.807, 2.05) is 0 Å². The lowest BCUT2D eigenvalue weighted by Crippen LogP contribution is -2.32. The number of carbonyl (C=O) groups excluding carboxylic acids is 2. The molecule has 9 heteroatoms. The molecule has 0 atom stereocenters. The van der Waals surface area contributed by atoms with Crippen LogP contribution in [0.3, 0.4) is 0 Å². The molecule has 2 amide bonds. The first-order valence-corrected chi connectivity index (χ1v) is 7.27. The van der Waals surface area contributed by atoms with Gasteiger partial charge in [0, 0.05) is 18.3 Å². The molecular formula is C14H14Cl2N4O3. The fourth-order valence-corrected chi connectivity index (χ4v) is 2.27. The number of rotatable bonds is 5. The van der Waals surface area contributed by atoms with Crippen molar-refractivity contribution in [3.05, 3.63) is 40.0 Å². The number of methoxy groups -OCH3 is 1. The summed E-state index contributed by atoms with van der Waals surface area (Å²) < 4.78 is 6.44. The van der Waals surface area contributed by atoms with Crippen molar-refractivity contribution >= 4 is 40.7 Å². The Hall–Kier alpha value is -2.25. The Labute approximate surface area is 142 Å². The van der Waals surface area contributed by atoms with Crippen LogP contribution in [0.15, 0.2) is 24.4 Å². The van der Waals surface area contributed by atoms with Crippen LogP contribution in [0.25, 0.3) is 0 Å². The lowest BCUT2D eigenvalue weighted by Gasteiger charge is -2.08. The smallest absolute Gasteiger partial charge is 0.258 e. The van der Waals surface area contributed by atoms with E-state index in [0.29, 0.717) is 15.7 Å². The van der Waals surface area contributed by atoms with E-state index in [0.717, 1.165) is 0 Å². The number of anilines is 1. The monoisotopic (exact) mass is 356 g/mol. The maximum Gasteiger partial charge on any atom is 0.258 e. The summed E-state index contributed by atoms with van der Waals surface area (Å²) >= 11 is 11.7. The van der Waals surface area contributed by atoms with Crippen molar-refractivity contribution in [3.63, 3.8) is 0 Å². The average molecular weight is 357 g/mol. The predicted molar refractivity (Wildman–Crippen MR) is 87.2 cm³/mol. The number of halogens is 2. The molecule has 0 aliphatic rings. The summed E-state index contributed by atoms with van der Waals surface area (Å²) in [5.41, 5.74) is 0.654. The molecule has 0 spiro atoms. The molecule has 0 aliphatic heterocycles. The second kappa shape index (κ2) is 7.34. The third-order valence-electron chi connectivity index (χ3n) is 2.85. The predicted octanol–water partition coefficient (Wildman–Crippen LogP) is 2.10. The van der Waals surface area contributed by atoms with Crippen molar-refractivity contribution in [1.82, 2.24) is 15.1 Å². The Kier molecular flexibility index (Phi) is 5.46. The van der Waals surface area contributed by atoms with Crippen molar-refractivity contribution in [1.29, 1.82) is 0 Å². The molecule has 0 aliphatic carbocycles. The lowest BCUT2D eigenvalue weighted by molar-refractivity contribution is -0.115. The highest BCUT2D eigenvalue weighted by Crippen LogP contribution is 2.25. The van der Waals surface area contributed by atoms with E-state index in [9.17, 15) is 9.59 Å². The van der Waals surface area contributed by atoms with Gasteiger partial charge in [-0.05, 0) is 18.2 Å². The Morgan fingerprint density at radius 2 is 2.09 bits per heavy atom. The zero-order valence-electron chi connectivity index (χ0n) is 12.4. The molecule has 1 heterocycles. The van der Waals surface area contributed by atoms with Crippen LogP contribution in [-0.4, -0.2) is 35.2 Å². The van der Waals surface area contributed by atoms with Gasteiger partial charge in [0.05, 0.1) is 24.4 Å². The number of aryl methyl sites for hydroxylation is 1. The Morgan fingerprint density at radius 3 is 2.74 bits per heavy atom. The number of carbonyl (C=O) groups is 2. The first-order valence-electron chi connectivity index (χ1n) is 6.51. The number of hydrogen-bond donors (Lipinski definition) is 2. The fourth-order valence-electron chi connectivity index (χ4n) is 1.82. The van der Waals surface area contributed by atoms with Gasteiger partial charge in [0.1, 0.15) is 5.56 Å². The molecule has 0 radical (unpaired) electrons. The van der Waals surface area contributed by atoms with Gasteiger partial charge in [0.15, 0.2) is 0 Å². The van der Waals surface area contributed by atoms with Crippen LogP contribution >= 0.6 is 23.2 Å². The second-order valence-electron chi connectivity index (χ2n) is 4.58. The molecule has 2 aromatic rings. The molecule has 2 rings (SSSR count). The highest BCUT2D eigenvalue weighted by molar-refractivity contribution is 6.36. The minimum Gasteiger partial charge on any atom is -0.479 e. The fraction of sp³-hybridized carbons (Fsp3) is 0.214. The molecule has 7 nitrogen and oxygen atoms in total. The standard InChI is InChI=1S/C14H14Cl2N4O3/c1-20-7-9(14(19-20)23-2)13(22)17-6-12(21)18-11-4-3-8(15)5-10(11)16/h3-5,7H,6H2,1-2H3,(H,17,22)(H,18,21). The van der Waals surface area contributed by atoms with Crippen LogP contribution in [0.2, 0.25) is 10.0 Å². The van der Waals surface area contributed by atoms with Crippen molar-refractivity contribution in [2.75, 3.05) is 19.0 Å². The van der Waals surface area contributed by atoms with E-state index in [4.69, 9.17) is 27.9 Å². The SMILES string of the molecule is COc1nn(C)cc1C(=O)NCC(=O)Nc1ccc(Cl)cc1Cl. The lowest BCUT2D eigenvalue weighted by atomic mass is 10.3. The summed E-state index contributed by atoms with van der Waals surface area (Å²) in [4.78, 5) is 23.9. The quantitative estimate of drug-likeness (QED) is 0.858. The number of amides is 2. The van der Waals surface area contributed by atoms with Gasteiger partial charge in [0.25, 0.3) is 5.91 Å².